The minimum atomic E-state index is -1.36. The molecule has 8 nitrogen and oxygen atoms in total. The van der Waals surface area contributed by atoms with Gasteiger partial charge in [-0.3, -0.25) is 14.2 Å². The number of hydrogen-bond acceptors (Lipinski definition) is 4. The number of fused-ring (bicyclic) bond motifs is 2. The minimum absolute atomic E-state index is 0.0386. The first-order valence-corrected chi connectivity index (χ1v) is 12.4. The Bertz CT molecular complexity index is 1160. The maximum atomic E-state index is 14.5. The standard InChI is InChI=1S/C25H32F2N6O2/c1-3-4-22(27)32-12-15(5-8-23(32)34)16-9-21(29-11-16)24(30-28-2)31-13-17-6-7-18(14-31)33(17)25(35)19-10-20(19)26/h5,8-9,11-12,17-20,22,28-29H,3-4,6-7,10,13-14H2,1-2H3/b30-24+/t17?,18?,19-,20-,22?/m1/s1. The van der Waals surface area contributed by atoms with Gasteiger partial charge in [-0.2, -0.15) is 5.10 Å². The topological polar surface area (TPSA) is 85.7 Å². The highest BCUT2D eigenvalue weighted by atomic mass is 19.1. The van der Waals surface area contributed by atoms with Crippen LogP contribution in [0.1, 0.15) is 51.0 Å². The number of aromatic amines is 1. The van der Waals surface area contributed by atoms with E-state index >= 15 is 0 Å². The van der Waals surface area contributed by atoms with Gasteiger partial charge in [0.05, 0.1) is 11.6 Å². The molecule has 2 aliphatic heterocycles. The normalized spacial score (nSPS) is 26.7. The van der Waals surface area contributed by atoms with Crippen molar-refractivity contribution in [3.63, 3.8) is 0 Å². The highest BCUT2D eigenvalue weighted by Gasteiger charge is 2.52. The third-order valence-electron chi connectivity index (χ3n) is 7.31. The number of rotatable bonds is 7. The molecule has 0 spiro atoms. The smallest absolute Gasteiger partial charge is 0.252 e. The van der Waals surface area contributed by atoms with Gasteiger partial charge in [0.2, 0.25) is 5.91 Å². The SMILES string of the molecule is CCCC(F)n1cc(-c2c[nH]c(/C(=N\NC)N3CC4CCC(C3)N4C(=O)[C@@H]3C[C@H]3F)c2)ccc1=O. The summed E-state index contributed by atoms with van der Waals surface area (Å²) < 4.78 is 29.2. The number of nitrogens with one attached hydrogen (secondary N) is 2. The molecule has 2 aromatic rings. The predicted molar refractivity (Wildman–Crippen MR) is 129 cm³/mol. The lowest BCUT2D eigenvalue weighted by Crippen LogP contribution is -2.58. The maximum Gasteiger partial charge on any atom is 0.252 e. The van der Waals surface area contributed by atoms with Gasteiger partial charge in [0.15, 0.2) is 12.1 Å². The van der Waals surface area contributed by atoms with Crippen LogP contribution < -0.4 is 11.0 Å². The molecule has 188 valence electrons. The van der Waals surface area contributed by atoms with Gasteiger partial charge < -0.3 is 20.2 Å². The van der Waals surface area contributed by atoms with Crippen LogP contribution in [-0.4, -0.2) is 69.5 Å². The number of alkyl halides is 2. The van der Waals surface area contributed by atoms with Gasteiger partial charge in [-0.05, 0) is 43.4 Å². The first kappa shape index (κ1) is 23.6. The lowest BCUT2D eigenvalue weighted by Gasteiger charge is -2.42. The summed E-state index contributed by atoms with van der Waals surface area (Å²) in [4.78, 5) is 32.3. The molecule has 1 saturated carbocycles. The van der Waals surface area contributed by atoms with Crippen molar-refractivity contribution in [3.05, 3.63) is 46.6 Å². The Kier molecular flexibility index (Phi) is 6.37. The Labute approximate surface area is 203 Å². The molecular weight excluding hydrogens is 454 g/mol. The molecule has 4 heterocycles. The Hall–Kier alpha value is -3.17. The predicted octanol–water partition coefficient (Wildman–Crippen LogP) is 3.03. The summed E-state index contributed by atoms with van der Waals surface area (Å²) in [5.41, 5.74) is 4.84. The zero-order valence-electron chi connectivity index (χ0n) is 20.1. The number of aromatic nitrogens is 2. The highest BCUT2D eigenvalue weighted by molar-refractivity contribution is 5.98. The number of hydrazone groups is 1. The van der Waals surface area contributed by atoms with Crippen LogP contribution in [0.5, 0.6) is 0 Å². The van der Waals surface area contributed by atoms with Crippen LogP contribution in [0.4, 0.5) is 8.78 Å². The Morgan fingerprint density at radius 3 is 2.60 bits per heavy atom. The van der Waals surface area contributed by atoms with Crippen LogP contribution in [0.2, 0.25) is 0 Å². The molecule has 2 bridgehead atoms. The number of likely N-dealkylation sites (tertiary alicyclic amines) is 1. The molecule has 3 aliphatic rings. The fourth-order valence-electron chi connectivity index (χ4n) is 5.41. The molecule has 2 saturated heterocycles. The second-order valence-corrected chi connectivity index (χ2v) is 9.74. The van der Waals surface area contributed by atoms with E-state index in [0.29, 0.717) is 25.9 Å². The van der Waals surface area contributed by atoms with Crippen molar-refractivity contribution in [2.45, 2.75) is 63.6 Å². The van der Waals surface area contributed by atoms with Gasteiger partial charge in [0, 0.05) is 56.2 Å². The minimum Gasteiger partial charge on any atom is -0.358 e. The van der Waals surface area contributed by atoms with Crippen molar-refractivity contribution < 1.29 is 13.6 Å². The highest BCUT2D eigenvalue weighted by Crippen LogP contribution is 2.40. The van der Waals surface area contributed by atoms with Crippen molar-refractivity contribution >= 4 is 11.7 Å². The van der Waals surface area contributed by atoms with E-state index in [2.05, 4.69) is 20.4 Å². The van der Waals surface area contributed by atoms with Crippen molar-refractivity contribution in [1.82, 2.24) is 24.8 Å². The van der Waals surface area contributed by atoms with Gasteiger partial charge in [-0.15, -0.1) is 0 Å². The molecule has 0 aromatic carbocycles. The van der Waals surface area contributed by atoms with Crippen molar-refractivity contribution in [1.29, 1.82) is 0 Å². The van der Waals surface area contributed by atoms with E-state index in [-0.39, 0.29) is 30.0 Å². The van der Waals surface area contributed by atoms with E-state index in [4.69, 9.17) is 0 Å². The average molecular weight is 487 g/mol. The number of pyridine rings is 1. The molecule has 1 aliphatic carbocycles. The number of carbonyl (C=O) groups is 1. The zero-order chi connectivity index (χ0) is 24.7. The third kappa shape index (κ3) is 4.46. The Morgan fingerprint density at radius 1 is 1.26 bits per heavy atom. The maximum absolute atomic E-state index is 14.5. The Morgan fingerprint density at radius 2 is 1.97 bits per heavy atom. The fourth-order valence-corrected chi connectivity index (χ4v) is 5.41. The quantitative estimate of drug-likeness (QED) is 0.358. The van der Waals surface area contributed by atoms with E-state index in [1.165, 1.54) is 6.07 Å². The number of H-pyrrole nitrogens is 1. The molecule has 5 rings (SSSR count). The number of amidine groups is 1. The Balaban J connectivity index is 1.36. The van der Waals surface area contributed by atoms with Crippen molar-refractivity contribution in [2.75, 3.05) is 20.1 Å². The first-order valence-electron chi connectivity index (χ1n) is 12.4. The van der Waals surface area contributed by atoms with E-state index < -0.39 is 18.4 Å². The first-order chi connectivity index (χ1) is 16.9. The number of nitrogens with zero attached hydrogens (tertiary/aromatic N) is 4. The van der Waals surface area contributed by atoms with Gasteiger partial charge >= 0.3 is 0 Å². The van der Waals surface area contributed by atoms with Crippen LogP contribution in [-0.2, 0) is 4.79 Å². The molecule has 3 unspecified atom stereocenters. The van der Waals surface area contributed by atoms with E-state index in [1.54, 1.807) is 19.3 Å². The van der Waals surface area contributed by atoms with Crippen LogP contribution in [0.25, 0.3) is 11.1 Å². The van der Waals surface area contributed by atoms with Gasteiger partial charge in [-0.1, -0.05) is 13.3 Å². The van der Waals surface area contributed by atoms with Crippen molar-refractivity contribution in [2.24, 2.45) is 11.0 Å². The molecule has 3 fully saturated rings. The van der Waals surface area contributed by atoms with Crippen molar-refractivity contribution in [3.8, 4) is 11.1 Å². The summed E-state index contributed by atoms with van der Waals surface area (Å²) in [5, 5.41) is 4.52. The number of amides is 1. The molecule has 10 heteroatoms. The van der Waals surface area contributed by atoms with Gasteiger partial charge in [-0.25, -0.2) is 8.78 Å². The second-order valence-electron chi connectivity index (χ2n) is 9.74. The van der Waals surface area contributed by atoms with E-state index in [1.807, 2.05) is 24.1 Å². The summed E-state index contributed by atoms with van der Waals surface area (Å²) in [7, 11) is 1.73. The zero-order valence-corrected chi connectivity index (χ0v) is 20.1. The number of hydrogen-bond donors (Lipinski definition) is 2. The van der Waals surface area contributed by atoms with Gasteiger partial charge in [0.25, 0.3) is 5.56 Å². The van der Waals surface area contributed by atoms with E-state index in [0.717, 1.165) is 40.1 Å². The number of halogens is 2. The van der Waals surface area contributed by atoms with Crippen LogP contribution in [0.3, 0.4) is 0 Å². The van der Waals surface area contributed by atoms with E-state index in [9.17, 15) is 18.4 Å². The lowest BCUT2D eigenvalue weighted by atomic mass is 10.1. The average Bonchev–Trinajstić information content (AvgIpc) is 3.26. The summed E-state index contributed by atoms with van der Waals surface area (Å²) in [6, 6.07) is 5.12. The molecular formula is C25H32F2N6O2. The summed E-state index contributed by atoms with van der Waals surface area (Å²) in [5.74, 6) is 0.231. The molecule has 5 atom stereocenters. The number of carbonyl (C=O) groups excluding carboxylic acids is 1. The van der Waals surface area contributed by atoms with Gasteiger partial charge in [0.1, 0.15) is 6.17 Å². The monoisotopic (exact) mass is 486 g/mol. The third-order valence-corrected chi connectivity index (χ3v) is 7.31. The van der Waals surface area contributed by atoms with Crippen LogP contribution in [0, 0.1) is 5.92 Å². The molecule has 2 N–H and O–H groups in total. The molecule has 1 amide bonds. The number of piperazine rings is 1. The fraction of sp³-hybridized carbons (Fsp3) is 0.560. The summed E-state index contributed by atoms with van der Waals surface area (Å²) in [6.45, 7) is 3.15. The van der Waals surface area contributed by atoms with Crippen LogP contribution >= 0.6 is 0 Å². The summed E-state index contributed by atoms with van der Waals surface area (Å²) >= 11 is 0. The second kappa shape index (κ2) is 9.47. The molecule has 0 radical (unpaired) electrons. The molecule has 2 aromatic heterocycles. The van der Waals surface area contributed by atoms with Crippen LogP contribution in [0.15, 0.2) is 40.5 Å². The lowest BCUT2D eigenvalue weighted by molar-refractivity contribution is -0.138. The largest absolute Gasteiger partial charge is 0.358 e. The molecule has 35 heavy (non-hydrogen) atoms. The summed E-state index contributed by atoms with van der Waals surface area (Å²) in [6.07, 6.45) is 4.13.